The van der Waals surface area contributed by atoms with Crippen LogP contribution in [-0.4, -0.2) is 12.4 Å². The van der Waals surface area contributed by atoms with Crippen molar-refractivity contribution < 1.29 is 12.6 Å². The lowest BCUT2D eigenvalue weighted by atomic mass is 11.7. The topological polar surface area (TPSA) is 69.4 Å². The summed E-state index contributed by atoms with van der Waals surface area (Å²) < 4.78 is 21.3. The Labute approximate surface area is 67.1 Å². The van der Waals surface area contributed by atoms with E-state index in [9.17, 15) is 8.42 Å². The van der Waals surface area contributed by atoms with Crippen molar-refractivity contribution in [3.63, 3.8) is 0 Å². The second kappa shape index (κ2) is 2.77. The second-order valence-electron chi connectivity index (χ2n) is 1.02. The van der Waals surface area contributed by atoms with Gasteiger partial charge in [-0.05, 0) is 0 Å². The van der Waals surface area contributed by atoms with Gasteiger partial charge in [-0.25, -0.2) is 9.32 Å². The fourth-order valence-corrected chi connectivity index (χ4v) is 1.19. The van der Waals surface area contributed by atoms with Crippen molar-refractivity contribution in [1.29, 1.82) is 0 Å². The molecule has 0 saturated carbocycles. The molecule has 2 N–H and O–H groups in total. The van der Waals surface area contributed by atoms with Crippen molar-refractivity contribution in [2.24, 2.45) is 5.14 Å². The van der Waals surface area contributed by atoms with Gasteiger partial charge in [-0.3, -0.25) is 0 Å². The lowest BCUT2D eigenvalue weighted by Crippen LogP contribution is -2.23. The minimum atomic E-state index is -4.18. The van der Waals surface area contributed by atoms with E-state index in [4.69, 9.17) is 34.8 Å². The molecule has 4 nitrogen and oxygen atoms in total. The summed E-state index contributed by atoms with van der Waals surface area (Å²) in [5.74, 6) is 0. The van der Waals surface area contributed by atoms with Crippen LogP contribution in [0.3, 0.4) is 0 Å². The number of alkyl halides is 3. The first kappa shape index (κ1) is 9.74. The first-order valence-electron chi connectivity index (χ1n) is 1.51. The smallest absolute Gasteiger partial charge is 0.205 e. The minimum Gasteiger partial charge on any atom is -0.205 e. The van der Waals surface area contributed by atoms with E-state index in [-0.39, 0.29) is 0 Å². The monoisotopic (exact) mass is 214 g/mol. The molecule has 0 unspecified atom stereocenters. The fraction of sp³-hybridized carbons (Fsp3) is 1.00. The Morgan fingerprint density at radius 2 is 1.67 bits per heavy atom. The third-order valence-corrected chi connectivity index (χ3v) is 1.20. The van der Waals surface area contributed by atoms with E-state index in [1.807, 2.05) is 0 Å². The van der Waals surface area contributed by atoms with E-state index in [2.05, 4.69) is 9.32 Å². The standard InChI is InChI=1S/CH2Cl3NO3S/c2-1(3,4)8-9(5,6)7/h(H2,5,6,7)/i5+1. The molecule has 0 aromatic heterocycles. The summed E-state index contributed by atoms with van der Waals surface area (Å²) in [6, 6.07) is 0. The van der Waals surface area contributed by atoms with Gasteiger partial charge < -0.3 is 0 Å². The molecule has 0 aromatic rings. The van der Waals surface area contributed by atoms with E-state index in [0.717, 1.165) is 0 Å². The van der Waals surface area contributed by atoms with Gasteiger partial charge in [0, 0.05) is 0 Å². The number of nitrogens with two attached hydrogens (primary N) is 1. The number of rotatable bonds is 1. The molecule has 0 aromatic carbocycles. The van der Waals surface area contributed by atoms with E-state index < -0.39 is 14.3 Å². The molecule has 0 atom stereocenters. The van der Waals surface area contributed by atoms with Crippen LogP contribution in [0.15, 0.2) is 0 Å². The van der Waals surface area contributed by atoms with E-state index in [1.165, 1.54) is 0 Å². The molecule has 0 aliphatic heterocycles. The fourth-order valence-electron chi connectivity index (χ4n) is 0.132. The SMILES string of the molecule is [15NH2]S(=O)(=O)OC(Cl)(Cl)Cl. The highest BCUT2D eigenvalue weighted by molar-refractivity contribution is 7.84. The van der Waals surface area contributed by atoms with Crippen LogP contribution in [0.1, 0.15) is 0 Å². The molecule has 9 heavy (non-hydrogen) atoms. The lowest BCUT2D eigenvalue weighted by molar-refractivity contribution is 0.321. The summed E-state index contributed by atoms with van der Waals surface area (Å²) in [6.07, 6.45) is 0. The van der Waals surface area contributed by atoms with Crippen LogP contribution >= 0.6 is 34.8 Å². The zero-order valence-electron chi connectivity index (χ0n) is 3.84. The summed E-state index contributed by atoms with van der Waals surface area (Å²) in [4.78, 5) is 0. The highest BCUT2D eigenvalue weighted by Crippen LogP contribution is 2.28. The summed E-state index contributed by atoms with van der Waals surface area (Å²) >= 11 is 14.6. The van der Waals surface area contributed by atoms with Crippen LogP contribution in [0.5, 0.6) is 0 Å². The van der Waals surface area contributed by atoms with Crippen molar-refractivity contribution in [2.75, 3.05) is 0 Å². The average molecular weight is 215 g/mol. The highest BCUT2D eigenvalue weighted by atomic mass is 35.6. The molecule has 0 radical (unpaired) electrons. The first-order chi connectivity index (χ1) is 3.71. The predicted octanol–water partition coefficient (Wildman–Crippen LogP) is 0.534. The maximum Gasteiger partial charge on any atom is 0.337 e. The van der Waals surface area contributed by atoms with Gasteiger partial charge in [0.2, 0.25) is 0 Å². The Hall–Kier alpha value is 0.740. The molecule has 0 fully saturated rings. The van der Waals surface area contributed by atoms with Gasteiger partial charge >= 0.3 is 14.3 Å². The van der Waals surface area contributed by atoms with Gasteiger partial charge in [-0.15, -0.1) is 0 Å². The zero-order valence-corrected chi connectivity index (χ0v) is 6.93. The van der Waals surface area contributed by atoms with Crippen molar-refractivity contribution >= 4 is 45.1 Å². The Morgan fingerprint density at radius 3 is 1.67 bits per heavy atom. The molecule has 8 heteroatoms. The Bertz CT molecular complexity index is 180. The number of halogens is 3. The molecule has 0 rings (SSSR count). The molecule has 0 bridgehead atoms. The van der Waals surface area contributed by atoms with Crippen LogP contribution in [0.2, 0.25) is 0 Å². The van der Waals surface area contributed by atoms with Crippen molar-refractivity contribution in [3.05, 3.63) is 0 Å². The lowest BCUT2D eigenvalue weighted by Gasteiger charge is -2.07. The van der Waals surface area contributed by atoms with Gasteiger partial charge in [0.05, 0.1) is 0 Å². The quantitative estimate of drug-likeness (QED) is 0.512. The van der Waals surface area contributed by atoms with Gasteiger partial charge in [-0.1, -0.05) is 34.8 Å². The Kier molecular flexibility index (Phi) is 3.00. The summed E-state index contributed by atoms with van der Waals surface area (Å²) in [5.41, 5.74) is 0. The van der Waals surface area contributed by atoms with E-state index >= 15 is 0 Å². The Morgan fingerprint density at radius 1 is 1.33 bits per heavy atom. The van der Waals surface area contributed by atoms with Gasteiger partial charge in [0.15, 0.2) is 0 Å². The van der Waals surface area contributed by atoms with E-state index in [0.29, 0.717) is 0 Å². The molecule has 0 saturated heterocycles. The third kappa shape index (κ3) is 8.74. The van der Waals surface area contributed by atoms with Crippen LogP contribution in [0.4, 0.5) is 0 Å². The highest BCUT2D eigenvalue weighted by Gasteiger charge is 2.26. The van der Waals surface area contributed by atoms with Crippen molar-refractivity contribution in [3.8, 4) is 0 Å². The average Bonchev–Trinajstić information content (AvgIpc) is 1.14. The van der Waals surface area contributed by atoms with Gasteiger partial charge in [0.25, 0.3) is 0 Å². The minimum absolute atomic E-state index is 2.31. The molecule has 0 heterocycles. The summed E-state index contributed by atoms with van der Waals surface area (Å²) in [5, 5.41) is 4.32. The summed E-state index contributed by atoms with van der Waals surface area (Å²) in [7, 11) is -4.18. The normalized spacial score (nSPS) is 13.8. The predicted molar refractivity (Wildman–Crippen MR) is 34.5 cm³/mol. The largest absolute Gasteiger partial charge is 0.337 e. The molecule has 0 amide bonds. The van der Waals surface area contributed by atoms with Crippen LogP contribution in [0.25, 0.3) is 0 Å². The van der Waals surface area contributed by atoms with Gasteiger partial charge in [-0.2, -0.15) is 8.42 Å². The molecule has 0 spiro atoms. The molecular weight excluding hydrogens is 213 g/mol. The molecule has 0 aliphatic rings. The number of hydrogen-bond acceptors (Lipinski definition) is 3. The van der Waals surface area contributed by atoms with Crippen molar-refractivity contribution in [1.82, 2.24) is 0 Å². The van der Waals surface area contributed by atoms with Gasteiger partial charge in [0.1, 0.15) is 0 Å². The maximum absolute atomic E-state index is 9.95. The zero-order chi connectivity index (χ0) is 7.71. The number of hydrogen-bond donors (Lipinski definition) is 1. The van der Waals surface area contributed by atoms with E-state index in [1.54, 1.807) is 0 Å². The maximum atomic E-state index is 9.95. The molecule has 0 aliphatic carbocycles. The first-order valence-corrected chi connectivity index (χ1v) is 4.11. The molecule has 56 valence electrons. The van der Waals surface area contributed by atoms with Crippen molar-refractivity contribution in [2.45, 2.75) is 3.98 Å². The second-order valence-corrected chi connectivity index (χ2v) is 4.35. The third-order valence-electron chi connectivity index (χ3n) is 0.211. The Balaban J connectivity index is 4.07. The molecular formula is CH2Cl3NO3S. The van der Waals surface area contributed by atoms with Crippen LogP contribution in [-0.2, 0) is 14.5 Å². The summed E-state index contributed by atoms with van der Waals surface area (Å²) in [6.45, 7) is 0. The van der Waals surface area contributed by atoms with Crippen LogP contribution < -0.4 is 5.14 Å². The van der Waals surface area contributed by atoms with Crippen LogP contribution in [0, 0.1) is 0 Å².